The first-order valence-electron chi connectivity index (χ1n) is 10.3. The van der Waals surface area contributed by atoms with E-state index in [2.05, 4.69) is 10.3 Å². The van der Waals surface area contributed by atoms with Gasteiger partial charge in [-0.1, -0.05) is 35.9 Å². The van der Waals surface area contributed by atoms with Crippen molar-refractivity contribution < 1.29 is 27.5 Å². The number of esters is 1. The molecule has 1 unspecified atom stereocenters. The van der Waals surface area contributed by atoms with Crippen LogP contribution in [0.3, 0.4) is 0 Å². The van der Waals surface area contributed by atoms with Crippen molar-refractivity contribution in [2.24, 2.45) is 0 Å². The smallest absolute Gasteiger partial charge is 0.416 e. The summed E-state index contributed by atoms with van der Waals surface area (Å²) in [6.07, 6.45) is -2.48. The minimum Gasteiger partial charge on any atom is -0.448 e. The summed E-state index contributed by atoms with van der Waals surface area (Å²) in [5, 5.41) is 3.31. The molecule has 0 aliphatic carbocycles. The van der Waals surface area contributed by atoms with E-state index in [0.29, 0.717) is 16.2 Å². The fourth-order valence-corrected chi connectivity index (χ4v) is 3.75. The number of amides is 1. The van der Waals surface area contributed by atoms with Gasteiger partial charge in [0.05, 0.1) is 11.1 Å². The fraction of sp³-hybridized carbons (Fsp3) is 0.160. The highest BCUT2D eigenvalue weighted by molar-refractivity contribution is 6.30. The van der Waals surface area contributed by atoms with Crippen molar-refractivity contribution in [1.29, 1.82) is 0 Å². The van der Waals surface area contributed by atoms with Gasteiger partial charge in [0.2, 0.25) is 0 Å². The van der Waals surface area contributed by atoms with Crippen molar-refractivity contribution in [3.63, 3.8) is 0 Å². The van der Waals surface area contributed by atoms with Crippen molar-refractivity contribution >= 4 is 34.6 Å². The standard InChI is InChI=1S/C25H18ClF3N2O3/c26-19-7-1-15(2-8-19)14-31-23(32)21-13-20(16-9-11-30-12-10-16)22(24(33)34-21)17-3-5-18(6-4-17)25(27,28)29/h1-12,21H,13-14H2,(H,31,32). The molecule has 2 aromatic carbocycles. The maximum atomic E-state index is 13.0. The number of hydrogen-bond acceptors (Lipinski definition) is 4. The molecule has 1 atom stereocenters. The Kier molecular flexibility index (Phi) is 6.70. The average Bonchev–Trinajstić information content (AvgIpc) is 2.83. The fourth-order valence-electron chi connectivity index (χ4n) is 3.63. The highest BCUT2D eigenvalue weighted by atomic mass is 35.5. The second-order valence-corrected chi connectivity index (χ2v) is 8.04. The lowest BCUT2D eigenvalue weighted by Gasteiger charge is -2.27. The van der Waals surface area contributed by atoms with E-state index in [9.17, 15) is 22.8 Å². The zero-order valence-corrected chi connectivity index (χ0v) is 18.4. The van der Waals surface area contributed by atoms with Gasteiger partial charge in [-0.25, -0.2) is 4.79 Å². The SMILES string of the molecule is O=C1OC(C(=O)NCc2ccc(Cl)cc2)CC(c2ccncc2)=C1c1ccc(C(F)(F)F)cc1. The highest BCUT2D eigenvalue weighted by Gasteiger charge is 2.35. The van der Waals surface area contributed by atoms with Crippen LogP contribution < -0.4 is 5.32 Å². The summed E-state index contributed by atoms with van der Waals surface area (Å²) in [6, 6.07) is 14.5. The Hall–Kier alpha value is -3.65. The summed E-state index contributed by atoms with van der Waals surface area (Å²) in [5.41, 5.74) is 1.48. The summed E-state index contributed by atoms with van der Waals surface area (Å²) < 4.78 is 44.3. The lowest BCUT2D eigenvalue weighted by molar-refractivity contribution is -0.151. The van der Waals surface area contributed by atoms with Crippen LogP contribution in [0.1, 0.15) is 28.7 Å². The second kappa shape index (κ2) is 9.69. The zero-order chi connectivity index (χ0) is 24.3. The maximum absolute atomic E-state index is 13.0. The Morgan fingerprint density at radius 2 is 1.65 bits per heavy atom. The van der Waals surface area contributed by atoms with Gasteiger partial charge in [-0.05, 0) is 58.7 Å². The van der Waals surface area contributed by atoms with E-state index in [1.54, 1.807) is 36.4 Å². The van der Waals surface area contributed by atoms with E-state index >= 15 is 0 Å². The van der Waals surface area contributed by atoms with Gasteiger partial charge >= 0.3 is 12.1 Å². The summed E-state index contributed by atoms with van der Waals surface area (Å²) in [4.78, 5) is 29.7. The van der Waals surface area contributed by atoms with Gasteiger partial charge in [0.15, 0.2) is 6.10 Å². The molecular weight excluding hydrogens is 469 g/mol. The number of nitrogens with zero attached hydrogens (tertiary/aromatic N) is 1. The quantitative estimate of drug-likeness (QED) is 0.497. The van der Waals surface area contributed by atoms with Crippen molar-refractivity contribution in [2.75, 3.05) is 0 Å². The zero-order valence-electron chi connectivity index (χ0n) is 17.6. The van der Waals surface area contributed by atoms with Gasteiger partial charge in [0, 0.05) is 30.4 Å². The first kappa shape index (κ1) is 23.5. The molecule has 1 aliphatic rings. The van der Waals surface area contributed by atoms with Crippen molar-refractivity contribution in [3.05, 3.63) is 100 Å². The number of nitrogens with one attached hydrogen (secondary N) is 1. The molecule has 1 amide bonds. The lowest BCUT2D eigenvalue weighted by atomic mass is 9.88. The van der Waals surface area contributed by atoms with Gasteiger partial charge < -0.3 is 10.1 Å². The molecule has 5 nitrogen and oxygen atoms in total. The molecule has 0 saturated carbocycles. The number of rotatable bonds is 5. The molecule has 0 radical (unpaired) electrons. The molecule has 0 fully saturated rings. The third-order valence-corrected chi connectivity index (χ3v) is 5.60. The molecule has 0 saturated heterocycles. The topological polar surface area (TPSA) is 68.3 Å². The molecular formula is C25H18ClF3N2O3. The molecule has 1 aliphatic heterocycles. The summed E-state index contributed by atoms with van der Waals surface area (Å²) in [5.74, 6) is -1.27. The second-order valence-electron chi connectivity index (χ2n) is 7.61. The van der Waals surface area contributed by atoms with Gasteiger partial charge in [0.1, 0.15) is 0 Å². The molecule has 34 heavy (non-hydrogen) atoms. The normalized spacial score (nSPS) is 16.2. The molecule has 0 bridgehead atoms. The van der Waals surface area contributed by atoms with E-state index in [0.717, 1.165) is 17.7 Å². The minimum atomic E-state index is -4.50. The van der Waals surface area contributed by atoms with Gasteiger partial charge in [0.25, 0.3) is 5.91 Å². The average molecular weight is 487 g/mol. The molecule has 1 aromatic heterocycles. The van der Waals surface area contributed by atoms with E-state index in [-0.39, 0.29) is 24.1 Å². The van der Waals surface area contributed by atoms with Crippen LogP contribution in [0.5, 0.6) is 0 Å². The van der Waals surface area contributed by atoms with Crippen LogP contribution in [0.2, 0.25) is 5.02 Å². The Bertz CT molecular complexity index is 1230. The molecule has 3 aromatic rings. The van der Waals surface area contributed by atoms with Crippen molar-refractivity contribution in [1.82, 2.24) is 10.3 Å². The molecule has 174 valence electrons. The third kappa shape index (κ3) is 5.28. The predicted molar refractivity (Wildman–Crippen MR) is 120 cm³/mol. The van der Waals surface area contributed by atoms with Crippen LogP contribution in [0.15, 0.2) is 73.1 Å². The van der Waals surface area contributed by atoms with Crippen LogP contribution in [0, 0.1) is 0 Å². The molecule has 1 N–H and O–H groups in total. The van der Waals surface area contributed by atoms with E-state index in [1.807, 2.05) is 0 Å². The van der Waals surface area contributed by atoms with Gasteiger partial charge in [-0.2, -0.15) is 13.2 Å². The van der Waals surface area contributed by atoms with E-state index in [1.165, 1.54) is 24.5 Å². The Balaban J connectivity index is 1.62. The number of carbonyl (C=O) groups is 2. The number of alkyl halides is 3. The van der Waals surface area contributed by atoms with Crippen LogP contribution in [0.25, 0.3) is 11.1 Å². The number of ether oxygens (including phenoxy) is 1. The Labute approximate surface area is 198 Å². The summed E-state index contributed by atoms with van der Waals surface area (Å²) in [6.45, 7) is 0.212. The molecule has 4 rings (SSSR count). The predicted octanol–water partition coefficient (Wildman–Crippen LogP) is 5.30. The number of cyclic esters (lactones) is 1. The van der Waals surface area contributed by atoms with Crippen molar-refractivity contribution in [3.8, 4) is 0 Å². The summed E-state index contributed by atoms with van der Waals surface area (Å²) >= 11 is 5.87. The minimum absolute atomic E-state index is 0.0541. The highest BCUT2D eigenvalue weighted by Crippen LogP contribution is 2.37. The molecule has 9 heteroatoms. The first-order chi connectivity index (χ1) is 16.2. The van der Waals surface area contributed by atoms with Crippen molar-refractivity contribution in [2.45, 2.75) is 25.2 Å². The number of benzene rings is 2. The lowest BCUT2D eigenvalue weighted by Crippen LogP contribution is -2.40. The van der Waals surface area contributed by atoms with Crippen LogP contribution in [-0.2, 0) is 27.0 Å². The van der Waals surface area contributed by atoms with Gasteiger partial charge in [-0.15, -0.1) is 0 Å². The third-order valence-electron chi connectivity index (χ3n) is 5.35. The largest absolute Gasteiger partial charge is 0.448 e. The monoisotopic (exact) mass is 486 g/mol. The van der Waals surface area contributed by atoms with Crippen LogP contribution in [0.4, 0.5) is 13.2 Å². The Morgan fingerprint density at radius 1 is 1.00 bits per heavy atom. The first-order valence-corrected chi connectivity index (χ1v) is 10.6. The van der Waals surface area contributed by atoms with Crippen LogP contribution >= 0.6 is 11.6 Å². The molecule has 0 spiro atoms. The number of pyridine rings is 1. The number of hydrogen-bond donors (Lipinski definition) is 1. The summed E-state index contributed by atoms with van der Waals surface area (Å²) in [7, 11) is 0. The molecule has 2 heterocycles. The maximum Gasteiger partial charge on any atom is 0.416 e. The number of carbonyl (C=O) groups excluding carboxylic acids is 2. The van der Waals surface area contributed by atoms with Gasteiger partial charge in [-0.3, -0.25) is 9.78 Å². The number of halogens is 4. The Morgan fingerprint density at radius 3 is 2.26 bits per heavy atom. The number of aromatic nitrogens is 1. The van der Waals surface area contributed by atoms with Crippen LogP contribution in [-0.4, -0.2) is 23.0 Å². The van der Waals surface area contributed by atoms with E-state index in [4.69, 9.17) is 16.3 Å². The van der Waals surface area contributed by atoms with E-state index < -0.39 is 29.7 Å².